The molecule has 208 valence electrons. The minimum Gasteiger partial charge on any atom is -0.491 e. The summed E-state index contributed by atoms with van der Waals surface area (Å²) in [6, 6.07) is 18.3. The molecule has 0 saturated carbocycles. The number of aliphatic hydroxyl groups excluding tert-OH is 1. The quantitative estimate of drug-likeness (QED) is 0.240. The maximum Gasteiger partial charge on any atom is 0.356 e. The first-order valence-corrected chi connectivity index (χ1v) is 13.2. The van der Waals surface area contributed by atoms with Gasteiger partial charge < -0.3 is 34.5 Å². The standard InChI is InChI=1S/C30H32N4O6/c1-38-30(37)27-26(33-29(36)21-6-3-2-4-7-21)25-16-22(18-32-28(25)34(27)19-24-8-5-14-39-24)31-17-20-9-11-23(12-10-20)40-15-13-35/h2-4,6-7,9-12,16,18,24,31,35H,5,8,13-15,17,19H2,1H3,(H,33,36)/t24-/m1/s1. The largest absolute Gasteiger partial charge is 0.491 e. The molecule has 1 fully saturated rings. The van der Waals surface area contributed by atoms with Gasteiger partial charge in [-0.05, 0) is 48.7 Å². The number of ether oxygens (including phenoxy) is 3. The number of benzene rings is 2. The molecule has 0 unspecified atom stereocenters. The van der Waals surface area contributed by atoms with E-state index in [0.29, 0.717) is 53.4 Å². The molecule has 5 rings (SSSR count). The maximum absolute atomic E-state index is 13.2. The molecule has 2 aromatic heterocycles. The van der Waals surface area contributed by atoms with Crippen molar-refractivity contribution in [3.8, 4) is 5.75 Å². The zero-order valence-corrected chi connectivity index (χ0v) is 22.3. The lowest BCUT2D eigenvalue weighted by Crippen LogP contribution is -2.21. The number of hydrogen-bond acceptors (Lipinski definition) is 8. The van der Waals surface area contributed by atoms with Gasteiger partial charge in [-0.3, -0.25) is 4.79 Å². The number of carbonyl (C=O) groups is 2. The van der Waals surface area contributed by atoms with Crippen LogP contribution in [0.15, 0.2) is 66.9 Å². The van der Waals surface area contributed by atoms with E-state index in [0.717, 1.165) is 18.4 Å². The molecule has 1 amide bonds. The van der Waals surface area contributed by atoms with E-state index in [-0.39, 0.29) is 30.9 Å². The third kappa shape index (κ3) is 6.08. The fourth-order valence-electron chi connectivity index (χ4n) is 4.77. The number of aliphatic hydroxyl groups is 1. The van der Waals surface area contributed by atoms with E-state index in [1.165, 1.54) is 7.11 Å². The topological polar surface area (TPSA) is 124 Å². The van der Waals surface area contributed by atoms with Crippen LogP contribution in [-0.4, -0.2) is 59.6 Å². The summed E-state index contributed by atoms with van der Waals surface area (Å²) in [5.41, 5.74) is 3.31. The van der Waals surface area contributed by atoms with Crippen LogP contribution in [0.1, 0.15) is 39.3 Å². The molecule has 4 aromatic rings. The monoisotopic (exact) mass is 544 g/mol. The van der Waals surface area contributed by atoms with Crippen LogP contribution in [-0.2, 0) is 22.6 Å². The van der Waals surface area contributed by atoms with Gasteiger partial charge in [0.15, 0.2) is 5.69 Å². The number of nitrogens with one attached hydrogen (secondary N) is 2. The summed E-state index contributed by atoms with van der Waals surface area (Å²) in [7, 11) is 1.32. The summed E-state index contributed by atoms with van der Waals surface area (Å²) < 4.78 is 18.2. The van der Waals surface area contributed by atoms with Gasteiger partial charge >= 0.3 is 5.97 Å². The smallest absolute Gasteiger partial charge is 0.356 e. The van der Waals surface area contributed by atoms with E-state index in [2.05, 4.69) is 10.6 Å². The SMILES string of the molecule is COC(=O)c1c(NC(=O)c2ccccc2)c2cc(NCc3ccc(OCCO)cc3)cnc2n1C[C@H]1CCCO1. The lowest BCUT2D eigenvalue weighted by molar-refractivity contribution is 0.0580. The Morgan fingerprint density at radius 2 is 1.95 bits per heavy atom. The van der Waals surface area contributed by atoms with E-state index in [1.54, 1.807) is 35.0 Å². The number of esters is 1. The van der Waals surface area contributed by atoms with Crippen LogP contribution in [0.25, 0.3) is 11.0 Å². The van der Waals surface area contributed by atoms with Crippen molar-refractivity contribution < 1.29 is 28.9 Å². The van der Waals surface area contributed by atoms with E-state index in [4.69, 9.17) is 24.3 Å². The zero-order valence-electron chi connectivity index (χ0n) is 22.3. The van der Waals surface area contributed by atoms with Crippen molar-refractivity contribution in [2.75, 3.05) is 37.6 Å². The third-order valence-electron chi connectivity index (χ3n) is 6.74. The number of fused-ring (bicyclic) bond motifs is 1. The van der Waals surface area contributed by atoms with Gasteiger partial charge in [-0.15, -0.1) is 0 Å². The van der Waals surface area contributed by atoms with Crippen LogP contribution >= 0.6 is 0 Å². The average molecular weight is 545 g/mol. The number of aromatic nitrogens is 2. The molecule has 3 heterocycles. The summed E-state index contributed by atoms with van der Waals surface area (Å²) in [6.45, 7) is 1.80. The van der Waals surface area contributed by atoms with Gasteiger partial charge in [0, 0.05) is 24.1 Å². The summed E-state index contributed by atoms with van der Waals surface area (Å²) in [6.07, 6.45) is 3.46. The Hall–Kier alpha value is -4.41. The van der Waals surface area contributed by atoms with Crippen molar-refractivity contribution in [3.05, 3.63) is 83.7 Å². The molecule has 1 aliphatic rings. The van der Waals surface area contributed by atoms with Gasteiger partial charge in [-0.25, -0.2) is 9.78 Å². The molecule has 0 spiro atoms. The number of hydrogen-bond donors (Lipinski definition) is 3. The molecular weight excluding hydrogens is 512 g/mol. The maximum atomic E-state index is 13.2. The zero-order chi connectivity index (χ0) is 27.9. The second-order valence-electron chi connectivity index (χ2n) is 9.45. The Kier molecular flexibility index (Phi) is 8.58. The molecule has 3 N–H and O–H groups in total. The molecule has 1 saturated heterocycles. The number of amides is 1. The van der Waals surface area contributed by atoms with Crippen molar-refractivity contribution >= 4 is 34.3 Å². The number of anilines is 2. The number of pyridine rings is 1. The van der Waals surface area contributed by atoms with Crippen LogP contribution < -0.4 is 15.4 Å². The molecule has 40 heavy (non-hydrogen) atoms. The first-order chi connectivity index (χ1) is 19.6. The Bertz CT molecular complexity index is 1460. The highest BCUT2D eigenvalue weighted by molar-refractivity contribution is 6.14. The highest BCUT2D eigenvalue weighted by Gasteiger charge is 2.29. The number of methoxy groups -OCH3 is 1. The fourth-order valence-corrected chi connectivity index (χ4v) is 4.77. The minimum atomic E-state index is -0.572. The highest BCUT2D eigenvalue weighted by atomic mass is 16.5. The van der Waals surface area contributed by atoms with E-state index in [9.17, 15) is 9.59 Å². The summed E-state index contributed by atoms with van der Waals surface area (Å²) >= 11 is 0. The second-order valence-corrected chi connectivity index (χ2v) is 9.45. The number of nitrogens with zero attached hydrogens (tertiary/aromatic N) is 2. The van der Waals surface area contributed by atoms with Gasteiger partial charge in [-0.2, -0.15) is 0 Å². The minimum absolute atomic E-state index is 0.0420. The first kappa shape index (κ1) is 27.2. The number of carbonyl (C=O) groups excluding carboxylic acids is 2. The van der Waals surface area contributed by atoms with Gasteiger partial charge in [0.1, 0.15) is 18.0 Å². The van der Waals surface area contributed by atoms with Crippen LogP contribution in [0, 0.1) is 0 Å². The van der Waals surface area contributed by atoms with Gasteiger partial charge in [0.05, 0.1) is 43.9 Å². The summed E-state index contributed by atoms with van der Waals surface area (Å²) in [5.74, 6) is -0.233. The molecule has 2 aromatic carbocycles. The summed E-state index contributed by atoms with van der Waals surface area (Å²) in [4.78, 5) is 31.0. The van der Waals surface area contributed by atoms with Crippen molar-refractivity contribution in [2.24, 2.45) is 0 Å². The average Bonchev–Trinajstić information content (AvgIpc) is 3.62. The second kappa shape index (κ2) is 12.6. The van der Waals surface area contributed by atoms with Crippen molar-refractivity contribution in [2.45, 2.75) is 32.0 Å². The van der Waals surface area contributed by atoms with E-state index >= 15 is 0 Å². The van der Waals surface area contributed by atoms with Crippen LogP contribution in [0.5, 0.6) is 5.75 Å². The first-order valence-electron chi connectivity index (χ1n) is 13.2. The molecule has 1 atom stereocenters. The lowest BCUT2D eigenvalue weighted by atomic mass is 10.2. The normalized spacial score (nSPS) is 14.7. The molecule has 10 heteroatoms. The van der Waals surface area contributed by atoms with Crippen LogP contribution in [0.3, 0.4) is 0 Å². The van der Waals surface area contributed by atoms with Crippen molar-refractivity contribution in [1.82, 2.24) is 9.55 Å². The predicted octanol–water partition coefficient (Wildman–Crippen LogP) is 4.24. The van der Waals surface area contributed by atoms with E-state index < -0.39 is 5.97 Å². The van der Waals surface area contributed by atoms with Crippen molar-refractivity contribution in [3.63, 3.8) is 0 Å². The van der Waals surface area contributed by atoms with E-state index in [1.807, 2.05) is 36.4 Å². The molecule has 10 nitrogen and oxygen atoms in total. The van der Waals surface area contributed by atoms with Gasteiger partial charge in [0.2, 0.25) is 0 Å². The van der Waals surface area contributed by atoms with Crippen LogP contribution in [0.2, 0.25) is 0 Å². The fraction of sp³-hybridized carbons (Fsp3) is 0.300. The van der Waals surface area contributed by atoms with Gasteiger partial charge in [0.25, 0.3) is 5.91 Å². The molecule has 0 radical (unpaired) electrons. The predicted molar refractivity (Wildman–Crippen MR) is 151 cm³/mol. The molecule has 0 bridgehead atoms. The molecule has 1 aliphatic heterocycles. The Balaban J connectivity index is 1.49. The lowest BCUT2D eigenvalue weighted by Gasteiger charge is -2.14. The Morgan fingerprint density at radius 3 is 2.65 bits per heavy atom. The Labute approximate surface area is 231 Å². The third-order valence-corrected chi connectivity index (χ3v) is 6.74. The number of rotatable bonds is 11. The van der Waals surface area contributed by atoms with Gasteiger partial charge in [-0.1, -0.05) is 30.3 Å². The highest BCUT2D eigenvalue weighted by Crippen LogP contribution is 2.34. The molecular formula is C30H32N4O6. The van der Waals surface area contributed by atoms with Crippen molar-refractivity contribution in [1.29, 1.82) is 0 Å². The summed E-state index contributed by atoms with van der Waals surface area (Å²) in [5, 5.41) is 15.9. The molecule has 0 aliphatic carbocycles. The Morgan fingerprint density at radius 1 is 1.15 bits per heavy atom. The van der Waals surface area contributed by atoms with Crippen LogP contribution in [0.4, 0.5) is 11.4 Å².